The summed E-state index contributed by atoms with van der Waals surface area (Å²) in [7, 11) is 0. The Balaban J connectivity index is 0.000000606. The van der Waals surface area contributed by atoms with Crippen LogP contribution in [-0.4, -0.2) is 17.4 Å². The van der Waals surface area contributed by atoms with E-state index in [9.17, 15) is 13.6 Å². The number of aromatic carboxylic acids is 1. The number of benzene rings is 1. The van der Waals surface area contributed by atoms with Gasteiger partial charge in [0.25, 0.3) is 0 Å². The Morgan fingerprint density at radius 1 is 1.25 bits per heavy atom. The Bertz CT molecular complexity index is 417. The lowest BCUT2D eigenvalue weighted by Crippen LogP contribution is -2.25. The van der Waals surface area contributed by atoms with Gasteiger partial charge in [-0.15, -0.1) is 21.9 Å². The summed E-state index contributed by atoms with van der Waals surface area (Å²) in [6.45, 7) is 6.00. The molecule has 1 N–H and O–H groups in total. The molecule has 86 valence electrons. The SMILES string of the molecule is C=C.O=C(O)c1ccc2c(c1)OC(F)(F)O2. The molecule has 0 saturated carbocycles. The zero-order chi connectivity index (χ0) is 12.3. The van der Waals surface area contributed by atoms with Crippen molar-refractivity contribution in [3.63, 3.8) is 0 Å². The number of hydrogen-bond donors (Lipinski definition) is 1. The number of carboxylic acids is 1. The maximum Gasteiger partial charge on any atom is 0.586 e. The van der Waals surface area contributed by atoms with Crippen molar-refractivity contribution in [1.29, 1.82) is 0 Å². The van der Waals surface area contributed by atoms with Gasteiger partial charge in [0.05, 0.1) is 5.56 Å². The van der Waals surface area contributed by atoms with Crippen LogP contribution in [0.25, 0.3) is 0 Å². The van der Waals surface area contributed by atoms with E-state index < -0.39 is 12.3 Å². The fraction of sp³-hybridized carbons (Fsp3) is 0.100. The minimum absolute atomic E-state index is 0.134. The third kappa shape index (κ3) is 2.28. The third-order valence-electron chi connectivity index (χ3n) is 1.65. The summed E-state index contributed by atoms with van der Waals surface area (Å²) >= 11 is 0. The van der Waals surface area contributed by atoms with Crippen LogP contribution in [0.5, 0.6) is 11.5 Å². The van der Waals surface area contributed by atoms with Crippen molar-refractivity contribution in [3.8, 4) is 11.5 Å². The van der Waals surface area contributed by atoms with Crippen LogP contribution in [0, 0.1) is 0 Å². The number of alkyl halides is 2. The molecular formula is C10H8F2O4. The normalized spacial score (nSPS) is 14.9. The minimum atomic E-state index is -3.71. The van der Waals surface area contributed by atoms with Crippen LogP contribution in [0.15, 0.2) is 31.4 Å². The van der Waals surface area contributed by atoms with Gasteiger partial charge < -0.3 is 14.6 Å². The van der Waals surface area contributed by atoms with Crippen LogP contribution >= 0.6 is 0 Å². The first-order chi connectivity index (χ1) is 7.48. The van der Waals surface area contributed by atoms with Gasteiger partial charge in [0.2, 0.25) is 0 Å². The van der Waals surface area contributed by atoms with Crippen molar-refractivity contribution in [1.82, 2.24) is 0 Å². The van der Waals surface area contributed by atoms with Crippen LogP contribution in [-0.2, 0) is 0 Å². The van der Waals surface area contributed by atoms with Gasteiger partial charge in [0, 0.05) is 0 Å². The zero-order valence-corrected chi connectivity index (χ0v) is 8.07. The second-order valence-electron chi connectivity index (χ2n) is 2.63. The molecule has 0 amide bonds. The summed E-state index contributed by atoms with van der Waals surface area (Å²) in [5.74, 6) is -1.65. The standard InChI is InChI=1S/C8H4F2O4.C2H4/c9-8(10)13-5-2-1-4(7(11)12)3-6(5)14-8;1-2/h1-3H,(H,11,12);1-2H2. The molecule has 0 radical (unpaired) electrons. The molecule has 0 bridgehead atoms. The highest BCUT2D eigenvalue weighted by molar-refractivity contribution is 5.88. The minimum Gasteiger partial charge on any atom is -0.478 e. The second kappa shape index (κ2) is 4.18. The predicted octanol–water partition coefficient (Wildman–Crippen LogP) is 2.51. The summed E-state index contributed by atoms with van der Waals surface area (Å²) in [5.41, 5.74) is -0.134. The van der Waals surface area contributed by atoms with Crippen LogP contribution in [0.1, 0.15) is 10.4 Å². The fourth-order valence-corrected chi connectivity index (χ4v) is 1.08. The Hall–Kier alpha value is -2.11. The number of carboxylic acid groups (broad SMARTS) is 1. The second-order valence-corrected chi connectivity index (χ2v) is 2.63. The van der Waals surface area contributed by atoms with Crippen molar-refractivity contribution in [3.05, 3.63) is 36.9 Å². The molecule has 1 aromatic carbocycles. The average molecular weight is 230 g/mol. The van der Waals surface area contributed by atoms with E-state index in [4.69, 9.17) is 5.11 Å². The Kier molecular flexibility index (Phi) is 3.12. The highest BCUT2D eigenvalue weighted by Crippen LogP contribution is 2.41. The molecule has 0 saturated heterocycles. The number of carbonyl (C=O) groups is 1. The predicted molar refractivity (Wildman–Crippen MR) is 50.9 cm³/mol. The van der Waals surface area contributed by atoms with E-state index in [0.717, 1.165) is 18.2 Å². The molecular weight excluding hydrogens is 222 g/mol. The van der Waals surface area contributed by atoms with Crippen LogP contribution in [0.2, 0.25) is 0 Å². The van der Waals surface area contributed by atoms with E-state index in [1.54, 1.807) is 0 Å². The van der Waals surface area contributed by atoms with Gasteiger partial charge in [-0.2, -0.15) is 0 Å². The van der Waals surface area contributed by atoms with Crippen molar-refractivity contribution in [2.45, 2.75) is 6.29 Å². The molecule has 1 aliphatic rings. The molecule has 16 heavy (non-hydrogen) atoms. The zero-order valence-electron chi connectivity index (χ0n) is 8.07. The van der Waals surface area contributed by atoms with Crippen molar-refractivity contribution in [2.75, 3.05) is 0 Å². The van der Waals surface area contributed by atoms with Gasteiger partial charge in [-0.25, -0.2) is 4.79 Å². The maximum absolute atomic E-state index is 12.5. The molecule has 1 aliphatic heterocycles. The van der Waals surface area contributed by atoms with Gasteiger partial charge in [-0.1, -0.05) is 0 Å². The smallest absolute Gasteiger partial charge is 0.478 e. The molecule has 0 fully saturated rings. The first kappa shape index (κ1) is 12.0. The number of ether oxygens (including phenoxy) is 2. The van der Waals surface area contributed by atoms with E-state index in [1.165, 1.54) is 0 Å². The van der Waals surface area contributed by atoms with Gasteiger partial charge in [-0.3, -0.25) is 0 Å². The van der Waals surface area contributed by atoms with Gasteiger partial charge in [0.1, 0.15) is 0 Å². The molecule has 0 aromatic heterocycles. The van der Waals surface area contributed by atoms with E-state index in [-0.39, 0.29) is 17.1 Å². The fourth-order valence-electron chi connectivity index (χ4n) is 1.08. The van der Waals surface area contributed by atoms with E-state index in [2.05, 4.69) is 22.6 Å². The number of fused-ring (bicyclic) bond motifs is 1. The molecule has 4 nitrogen and oxygen atoms in total. The van der Waals surface area contributed by atoms with Gasteiger partial charge in [0.15, 0.2) is 11.5 Å². The number of rotatable bonds is 1. The van der Waals surface area contributed by atoms with Gasteiger partial charge in [-0.05, 0) is 18.2 Å². The third-order valence-corrected chi connectivity index (χ3v) is 1.65. The quantitative estimate of drug-likeness (QED) is 0.753. The summed E-state index contributed by atoms with van der Waals surface area (Å²) in [6, 6.07) is 3.27. The van der Waals surface area contributed by atoms with E-state index in [1.807, 2.05) is 0 Å². The Labute approximate surface area is 89.7 Å². The molecule has 0 atom stereocenters. The summed E-state index contributed by atoms with van der Waals surface area (Å²) in [4.78, 5) is 10.5. The van der Waals surface area contributed by atoms with Crippen LogP contribution < -0.4 is 9.47 Å². The molecule has 1 aromatic rings. The first-order valence-corrected chi connectivity index (χ1v) is 4.11. The van der Waals surface area contributed by atoms with E-state index in [0.29, 0.717) is 0 Å². The summed E-state index contributed by atoms with van der Waals surface area (Å²) in [6.07, 6.45) is -3.71. The molecule has 2 rings (SSSR count). The Morgan fingerprint density at radius 3 is 2.38 bits per heavy atom. The van der Waals surface area contributed by atoms with Crippen LogP contribution in [0.3, 0.4) is 0 Å². The maximum atomic E-state index is 12.5. The molecule has 0 aliphatic carbocycles. The lowest BCUT2D eigenvalue weighted by Gasteiger charge is -2.04. The highest BCUT2D eigenvalue weighted by atomic mass is 19.3. The van der Waals surface area contributed by atoms with E-state index >= 15 is 0 Å². The Morgan fingerprint density at radius 2 is 1.81 bits per heavy atom. The average Bonchev–Trinajstić information content (AvgIpc) is 2.53. The molecule has 1 heterocycles. The van der Waals surface area contributed by atoms with Gasteiger partial charge >= 0.3 is 12.3 Å². The summed E-state index contributed by atoms with van der Waals surface area (Å²) < 4.78 is 33.1. The monoisotopic (exact) mass is 230 g/mol. The van der Waals surface area contributed by atoms with Crippen LogP contribution in [0.4, 0.5) is 8.78 Å². The first-order valence-electron chi connectivity index (χ1n) is 4.11. The number of hydrogen-bond acceptors (Lipinski definition) is 3. The summed E-state index contributed by atoms with van der Waals surface area (Å²) in [5, 5.41) is 8.56. The molecule has 6 heteroatoms. The van der Waals surface area contributed by atoms with Crippen molar-refractivity contribution in [2.24, 2.45) is 0 Å². The van der Waals surface area contributed by atoms with Crippen molar-refractivity contribution < 1.29 is 28.2 Å². The van der Waals surface area contributed by atoms with Crippen molar-refractivity contribution >= 4 is 5.97 Å². The lowest BCUT2D eigenvalue weighted by molar-refractivity contribution is -0.286. The molecule has 0 spiro atoms. The molecule has 0 unspecified atom stereocenters. The topological polar surface area (TPSA) is 55.8 Å². The number of halogens is 2. The lowest BCUT2D eigenvalue weighted by atomic mass is 10.2. The largest absolute Gasteiger partial charge is 0.586 e. The highest BCUT2D eigenvalue weighted by Gasteiger charge is 2.43.